The van der Waals surface area contributed by atoms with Crippen LogP contribution in [0.3, 0.4) is 0 Å². The smallest absolute Gasteiger partial charge is 0.326 e. The number of hydrogen-bond acceptors (Lipinski definition) is 8. The largest absolute Gasteiger partial charge is 0.452 e. The lowest BCUT2D eigenvalue weighted by Crippen LogP contribution is -2.53. The van der Waals surface area contributed by atoms with Crippen molar-refractivity contribution >= 4 is 35.1 Å². The van der Waals surface area contributed by atoms with E-state index in [0.29, 0.717) is 24.0 Å². The van der Waals surface area contributed by atoms with E-state index in [0.717, 1.165) is 73.6 Å². The molecule has 2 aromatic carbocycles. The van der Waals surface area contributed by atoms with Crippen LogP contribution in [-0.4, -0.2) is 41.7 Å². The van der Waals surface area contributed by atoms with Crippen molar-refractivity contribution in [2.75, 3.05) is 6.61 Å². The maximum atomic E-state index is 14.1. The fourth-order valence-corrected chi connectivity index (χ4v) is 12.3. The molecule has 0 aromatic heterocycles. The first-order valence-corrected chi connectivity index (χ1v) is 22.9. The summed E-state index contributed by atoms with van der Waals surface area (Å²) in [6.45, 7) is 19.7. The number of ether oxygens (including phenoxy) is 2. The molecule has 61 heavy (non-hydrogen) atoms. The lowest BCUT2D eigenvalue weighted by molar-refractivity contribution is -0.163. The van der Waals surface area contributed by atoms with E-state index < -0.39 is 10.8 Å². The summed E-state index contributed by atoms with van der Waals surface area (Å²) in [7, 11) is 0. The molecule has 8 heteroatoms. The Labute approximate surface area is 364 Å². The third-order valence-corrected chi connectivity index (χ3v) is 15.7. The molecule has 6 atom stereocenters. The predicted molar refractivity (Wildman–Crippen MR) is 237 cm³/mol. The zero-order valence-corrected chi connectivity index (χ0v) is 38.5. The topological polar surface area (TPSA) is 121 Å². The number of Topliss-reactive ketones (excluding diaryl/α,β-unsaturated/α-hetero) is 4. The summed E-state index contributed by atoms with van der Waals surface area (Å²) in [6.07, 6.45) is 11.5. The van der Waals surface area contributed by atoms with Crippen LogP contribution in [0.1, 0.15) is 212 Å². The van der Waals surface area contributed by atoms with E-state index in [1.165, 1.54) is 25.0 Å². The minimum atomic E-state index is -0.795. The maximum absolute atomic E-state index is 14.1. The van der Waals surface area contributed by atoms with E-state index in [4.69, 9.17) is 9.47 Å². The van der Waals surface area contributed by atoms with E-state index in [-0.39, 0.29) is 102 Å². The molecule has 2 fully saturated rings. The van der Waals surface area contributed by atoms with Gasteiger partial charge >= 0.3 is 11.9 Å². The van der Waals surface area contributed by atoms with E-state index in [2.05, 4.69) is 77.8 Å². The number of ketones is 4. The molecule has 0 aliphatic heterocycles. The van der Waals surface area contributed by atoms with Crippen LogP contribution in [-0.2, 0) is 52.3 Å². The monoisotopic (exact) mass is 832 g/mol. The molecule has 8 nitrogen and oxygen atoms in total. The van der Waals surface area contributed by atoms with Gasteiger partial charge in [-0.2, -0.15) is 0 Å². The highest BCUT2D eigenvalue weighted by Gasteiger charge is 2.57. The van der Waals surface area contributed by atoms with Gasteiger partial charge in [-0.15, -0.1) is 0 Å². The number of fused-ring (bicyclic) bond motifs is 6. The predicted octanol–water partition coefficient (Wildman–Crippen LogP) is 10.8. The first-order chi connectivity index (χ1) is 28.7. The van der Waals surface area contributed by atoms with Crippen LogP contribution in [0, 0.1) is 34.7 Å². The number of carbonyl (C=O) groups is 6. The van der Waals surface area contributed by atoms with E-state index in [1.807, 2.05) is 13.8 Å². The van der Waals surface area contributed by atoms with Crippen molar-refractivity contribution in [1.29, 1.82) is 0 Å². The summed E-state index contributed by atoms with van der Waals surface area (Å²) < 4.78 is 11.6. The summed E-state index contributed by atoms with van der Waals surface area (Å²) >= 11 is 0. The average molecular weight is 833 g/mol. The lowest BCUT2D eigenvalue weighted by Gasteiger charge is -2.54. The highest BCUT2D eigenvalue weighted by Crippen LogP contribution is 2.59. The Morgan fingerprint density at radius 1 is 0.623 bits per heavy atom. The zero-order chi connectivity index (χ0) is 44.7. The van der Waals surface area contributed by atoms with Crippen molar-refractivity contribution in [3.05, 3.63) is 68.8 Å². The van der Waals surface area contributed by atoms with Crippen molar-refractivity contribution in [2.45, 2.75) is 182 Å². The van der Waals surface area contributed by atoms with Crippen LogP contribution in [0.4, 0.5) is 0 Å². The number of carbonyl (C=O) groups excluding carboxylic acids is 6. The van der Waals surface area contributed by atoms with Crippen molar-refractivity contribution in [2.24, 2.45) is 22.7 Å². The van der Waals surface area contributed by atoms with E-state index in [9.17, 15) is 28.8 Å². The third-order valence-electron chi connectivity index (χ3n) is 15.7. The number of benzene rings is 2. The van der Waals surface area contributed by atoms with Crippen LogP contribution < -0.4 is 0 Å². The molecule has 4 aliphatic rings. The number of rotatable bonds is 13. The molecule has 2 aromatic rings. The second kappa shape index (κ2) is 17.8. The Bertz CT molecular complexity index is 2180. The van der Waals surface area contributed by atoms with Crippen molar-refractivity contribution in [1.82, 2.24) is 0 Å². The first-order valence-electron chi connectivity index (χ1n) is 22.9. The number of hydrogen-bond donors (Lipinski definition) is 0. The van der Waals surface area contributed by atoms with Crippen molar-refractivity contribution in [3.8, 4) is 12.0 Å². The molecular weight excluding hydrogens is 765 g/mol. The second-order valence-corrected chi connectivity index (χ2v) is 20.6. The number of esters is 2. The van der Waals surface area contributed by atoms with Crippen LogP contribution in [0.25, 0.3) is 0 Å². The van der Waals surface area contributed by atoms with Gasteiger partial charge in [-0.1, -0.05) is 66.5 Å². The van der Waals surface area contributed by atoms with Gasteiger partial charge in [0.2, 0.25) is 0 Å². The van der Waals surface area contributed by atoms with Gasteiger partial charge in [-0.3, -0.25) is 19.2 Å². The third kappa shape index (κ3) is 8.69. The van der Waals surface area contributed by atoms with Gasteiger partial charge in [-0.05, 0) is 165 Å². The Balaban J connectivity index is 1.15. The quantitative estimate of drug-likeness (QED) is 0.111. The average Bonchev–Trinajstić information content (AvgIpc) is 3.20. The summed E-state index contributed by atoms with van der Waals surface area (Å²) in [5, 5.41) is 0. The summed E-state index contributed by atoms with van der Waals surface area (Å²) in [5.41, 5.74) is 5.92. The minimum absolute atomic E-state index is 0.000167. The second-order valence-electron chi connectivity index (χ2n) is 20.6. The van der Waals surface area contributed by atoms with Gasteiger partial charge < -0.3 is 19.1 Å². The highest BCUT2D eigenvalue weighted by molar-refractivity contribution is 6.00. The molecule has 6 unspecified atom stereocenters. The van der Waals surface area contributed by atoms with Gasteiger partial charge in [-0.25, -0.2) is 0 Å². The molecule has 0 spiro atoms. The Morgan fingerprint density at radius 3 is 1.46 bits per heavy atom. The summed E-state index contributed by atoms with van der Waals surface area (Å²) in [4.78, 5) is 78.6. The number of aryl methyl sites for hydroxylation is 2. The van der Waals surface area contributed by atoms with E-state index >= 15 is 0 Å². The van der Waals surface area contributed by atoms with E-state index in [1.54, 1.807) is 0 Å². The van der Waals surface area contributed by atoms with Gasteiger partial charge in [0.05, 0.1) is 10.8 Å². The van der Waals surface area contributed by atoms with Crippen LogP contribution in [0.5, 0.6) is 0 Å². The zero-order valence-electron chi connectivity index (χ0n) is 38.5. The normalized spacial score (nSPS) is 27.7. The molecule has 0 bridgehead atoms. The SMILES string of the molecule is CC(=O)CCC(=O)c1cc2c(cc1C(C)C)CCC1C(C)(C(=O)OC#CCOC(=O)C3(C)CCCC4(C)c5cc(C(=O)CCC(C)=O)c(C(C)C)cc5CCC34)CCCC21C. The first kappa shape index (κ1) is 46.1. The Kier molecular flexibility index (Phi) is 13.4. The lowest BCUT2D eigenvalue weighted by atomic mass is 9.49. The summed E-state index contributed by atoms with van der Waals surface area (Å²) in [6, 6.07) is 8.55. The Hall–Kier alpha value is -4.38. The molecule has 328 valence electrons. The molecular formula is C53H68O8. The molecule has 4 aliphatic carbocycles. The van der Waals surface area contributed by atoms with Crippen molar-refractivity contribution in [3.63, 3.8) is 0 Å². The fourth-order valence-electron chi connectivity index (χ4n) is 12.3. The molecule has 0 heterocycles. The fraction of sp³-hybridized carbons (Fsp3) is 0.623. The van der Waals surface area contributed by atoms with Gasteiger partial charge in [0.25, 0.3) is 0 Å². The standard InChI is InChI=1S/C53H68O8/c1-32(2)38-28-36-16-20-46-50(7,42(36)30-40(38)44(56)18-14-34(5)54)22-11-24-52(46,9)48(58)60-26-13-27-61-49(59)53(10)25-12-23-51(8)43-31-41(45(57)19-15-35(6)55)39(33(3)4)29-37(43)17-21-47(51)53/h28-33,46-47H,11-12,14-26H2,1-10H3. The highest BCUT2D eigenvalue weighted by atomic mass is 16.5. The van der Waals surface area contributed by atoms with Gasteiger partial charge in [0.15, 0.2) is 18.2 Å². The van der Waals surface area contributed by atoms with Crippen LogP contribution >= 0.6 is 0 Å². The van der Waals surface area contributed by atoms with Crippen LogP contribution in [0.15, 0.2) is 24.3 Å². The van der Waals surface area contributed by atoms with Gasteiger partial charge in [0, 0.05) is 36.8 Å². The molecule has 0 radical (unpaired) electrons. The maximum Gasteiger partial charge on any atom is 0.326 e. The van der Waals surface area contributed by atoms with Gasteiger partial charge in [0.1, 0.15) is 17.7 Å². The van der Waals surface area contributed by atoms with Crippen LogP contribution in [0.2, 0.25) is 0 Å². The molecule has 0 N–H and O–H groups in total. The molecule has 0 amide bonds. The Morgan fingerprint density at radius 2 is 1.05 bits per heavy atom. The van der Waals surface area contributed by atoms with Crippen molar-refractivity contribution < 1.29 is 38.2 Å². The molecule has 2 saturated carbocycles. The minimum Gasteiger partial charge on any atom is -0.452 e. The molecule has 0 saturated heterocycles. The summed E-state index contributed by atoms with van der Waals surface area (Å²) in [5.74, 6) is 2.39. The molecule has 6 rings (SSSR count).